The van der Waals surface area contributed by atoms with Gasteiger partial charge in [0.05, 0.1) is 0 Å². The Hall–Kier alpha value is -1.28. The van der Waals surface area contributed by atoms with Gasteiger partial charge in [0.25, 0.3) is 0 Å². The van der Waals surface area contributed by atoms with Gasteiger partial charge in [-0.2, -0.15) is 0 Å². The molecule has 114 valence electrons. The normalized spacial score (nSPS) is 16.2. The molecule has 1 heterocycles. The third-order valence-corrected chi connectivity index (χ3v) is 3.66. The second-order valence-electron chi connectivity index (χ2n) is 4.83. The van der Waals surface area contributed by atoms with Crippen LogP contribution in [0.3, 0.4) is 0 Å². The number of benzene rings is 1. The summed E-state index contributed by atoms with van der Waals surface area (Å²) in [6, 6.07) is 9.07. The molecule has 1 fully saturated rings. The molecule has 0 unspecified atom stereocenters. The maximum Gasteiger partial charge on any atom is 0.0426 e. The van der Waals surface area contributed by atoms with Crippen molar-refractivity contribution < 1.29 is 0 Å². The molecule has 0 aliphatic carbocycles. The van der Waals surface area contributed by atoms with Gasteiger partial charge in [0, 0.05) is 18.8 Å². The van der Waals surface area contributed by atoms with Crippen LogP contribution in [0.1, 0.15) is 58.1 Å². The fraction of sp³-hybridized carbons (Fsp3) is 0.556. The summed E-state index contributed by atoms with van der Waals surface area (Å²) in [5.41, 5.74) is 4.39. The molecule has 1 aliphatic heterocycles. The van der Waals surface area contributed by atoms with Gasteiger partial charge in [-0.25, -0.2) is 0 Å². The Bertz CT molecular complexity index is 379. The number of rotatable bonds is 3. The predicted molar refractivity (Wildman–Crippen MR) is 90.2 cm³/mol. The van der Waals surface area contributed by atoms with E-state index in [4.69, 9.17) is 0 Å². The first-order valence-electron chi connectivity index (χ1n) is 7.81. The van der Waals surface area contributed by atoms with Crippen molar-refractivity contribution in [3.8, 4) is 0 Å². The lowest BCUT2D eigenvalue weighted by Gasteiger charge is -2.31. The molecule has 1 aliphatic rings. The lowest BCUT2D eigenvalue weighted by atomic mass is 10.0. The monoisotopic (exact) mass is 276 g/mol. The van der Waals surface area contributed by atoms with Crippen molar-refractivity contribution >= 4 is 0 Å². The number of hydrogen-bond acceptors (Lipinski definition) is 2. The van der Waals surface area contributed by atoms with Gasteiger partial charge in [-0.05, 0) is 43.7 Å². The zero-order chi connectivity index (χ0) is 14.1. The number of hydrogen-bond donors (Lipinski definition) is 1. The van der Waals surface area contributed by atoms with Crippen LogP contribution in [-0.2, 0) is 13.0 Å². The summed E-state index contributed by atoms with van der Waals surface area (Å²) in [5.74, 6) is 0. The van der Waals surface area contributed by atoms with Crippen LogP contribution in [-0.4, -0.2) is 11.4 Å². The Morgan fingerprint density at radius 3 is 2.20 bits per heavy atom. The molecule has 0 radical (unpaired) electrons. The molecule has 1 aromatic rings. The van der Waals surface area contributed by atoms with Gasteiger partial charge >= 0.3 is 0 Å². The maximum absolute atomic E-state index is 2.53. The second-order valence-corrected chi connectivity index (χ2v) is 4.83. The summed E-state index contributed by atoms with van der Waals surface area (Å²) in [6.07, 6.45) is 7.35. The summed E-state index contributed by atoms with van der Waals surface area (Å²) in [7, 11) is 0. The minimum atomic E-state index is 0. The average molecular weight is 276 g/mol. The van der Waals surface area contributed by atoms with Crippen molar-refractivity contribution in [3.63, 3.8) is 0 Å². The highest BCUT2D eigenvalue weighted by Gasteiger charge is 2.13. The van der Waals surface area contributed by atoms with Gasteiger partial charge in [0.15, 0.2) is 0 Å². The number of allylic oxidation sites excluding steroid dienone is 2. The summed E-state index contributed by atoms with van der Waals surface area (Å²) in [4.78, 5) is 2.53. The van der Waals surface area contributed by atoms with Crippen molar-refractivity contribution in [1.82, 2.24) is 11.1 Å². The lowest BCUT2D eigenvalue weighted by Crippen LogP contribution is -2.27. The van der Waals surface area contributed by atoms with Crippen molar-refractivity contribution in [3.05, 3.63) is 47.2 Å². The molecule has 20 heavy (non-hydrogen) atoms. The van der Waals surface area contributed by atoms with Crippen molar-refractivity contribution in [2.45, 2.75) is 59.9 Å². The summed E-state index contributed by atoms with van der Waals surface area (Å²) >= 11 is 0. The minimum absolute atomic E-state index is 0. The number of piperidine rings is 1. The van der Waals surface area contributed by atoms with E-state index in [0.29, 0.717) is 0 Å². The quantitative estimate of drug-likeness (QED) is 0.810. The molecule has 2 rings (SSSR count). The number of aryl methyl sites for hydroxylation is 1. The molecule has 0 amide bonds. The first kappa shape index (κ1) is 18.7. The summed E-state index contributed by atoms with van der Waals surface area (Å²) in [6.45, 7) is 10.7. The fourth-order valence-corrected chi connectivity index (χ4v) is 2.52. The van der Waals surface area contributed by atoms with E-state index >= 15 is 0 Å². The zero-order valence-corrected chi connectivity index (χ0v) is 13.8. The molecule has 3 N–H and O–H groups in total. The highest BCUT2D eigenvalue weighted by Crippen LogP contribution is 2.22. The molecule has 0 bridgehead atoms. The SMILES string of the molecule is C/C=C1\CCCCN1Cc1ccc(CC)cc1.CC.N. The Morgan fingerprint density at radius 1 is 1.05 bits per heavy atom. The molecule has 0 spiro atoms. The largest absolute Gasteiger partial charge is 0.371 e. The van der Waals surface area contributed by atoms with Crippen molar-refractivity contribution in [1.29, 1.82) is 0 Å². The number of nitrogens with zero attached hydrogens (tertiary/aromatic N) is 1. The highest BCUT2D eigenvalue weighted by atomic mass is 15.1. The first-order valence-corrected chi connectivity index (χ1v) is 7.81. The fourth-order valence-electron chi connectivity index (χ4n) is 2.52. The molecule has 1 saturated heterocycles. The zero-order valence-electron chi connectivity index (χ0n) is 13.8. The van der Waals surface area contributed by atoms with Crippen LogP contribution in [0.4, 0.5) is 0 Å². The summed E-state index contributed by atoms with van der Waals surface area (Å²) in [5, 5.41) is 0. The van der Waals surface area contributed by atoms with Crippen LogP contribution in [0.5, 0.6) is 0 Å². The van der Waals surface area contributed by atoms with E-state index in [1.807, 2.05) is 13.8 Å². The van der Waals surface area contributed by atoms with Gasteiger partial charge in [-0.3, -0.25) is 0 Å². The smallest absolute Gasteiger partial charge is 0.0426 e. The third-order valence-electron chi connectivity index (χ3n) is 3.66. The Morgan fingerprint density at radius 2 is 1.65 bits per heavy atom. The topological polar surface area (TPSA) is 38.2 Å². The molecule has 0 saturated carbocycles. The molecule has 1 aromatic carbocycles. The Labute approximate surface area is 125 Å². The van der Waals surface area contributed by atoms with Gasteiger partial charge in [0.1, 0.15) is 0 Å². The van der Waals surface area contributed by atoms with E-state index < -0.39 is 0 Å². The van der Waals surface area contributed by atoms with E-state index in [2.05, 4.69) is 49.1 Å². The molecule has 0 aromatic heterocycles. The Balaban J connectivity index is 0.00000115. The van der Waals surface area contributed by atoms with Crippen LogP contribution in [0.15, 0.2) is 36.0 Å². The highest BCUT2D eigenvalue weighted by molar-refractivity contribution is 5.23. The van der Waals surface area contributed by atoms with Crippen LogP contribution < -0.4 is 6.15 Å². The van der Waals surface area contributed by atoms with E-state index in [9.17, 15) is 0 Å². The second kappa shape index (κ2) is 10.5. The number of likely N-dealkylation sites (tertiary alicyclic amines) is 1. The van der Waals surface area contributed by atoms with E-state index in [1.54, 1.807) is 0 Å². The minimum Gasteiger partial charge on any atom is -0.371 e. The molecular formula is C18H32N2. The van der Waals surface area contributed by atoms with Gasteiger partial charge in [0.2, 0.25) is 0 Å². The van der Waals surface area contributed by atoms with Gasteiger partial charge in [-0.15, -0.1) is 0 Å². The van der Waals surface area contributed by atoms with E-state index in [0.717, 1.165) is 13.0 Å². The lowest BCUT2D eigenvalue weighted by molar-refractivity contribution is 0.282. The van der Waals surface area contributed by atoms with Crippen LogP contribution >= 0.6 is 0 Å². The van der Waals surface area contributed by atoms with Crippen molar-refractivity contribution in [2.24, 2.45) is 0 Å². The van der Waals surface area contributed by atoms with Gasteiger partial charge in [-0.1, -0.05) is 51.1 Å². The molecule has 2 nitrogen and oxygen atoms in total. The van der Waals surface area contributed by atoms with Crippen molar-refractivity contribution in [2.75, 3.05) is 6.54 Å². The molecule has 2 heteroatoms. The standard InChI is InChI=1S/C16H23N.C2H6.H3N/c1-3-14-8-10-15(11-9-14)13-17-12-6-5-7-16(17)4-2;1-2;/h4,8-11H,3,5-7,12-13H2,1-2H3;1-2H3;1H3/b16-4+;;. The third kappa shape index (κ3) is 5.38. The Kier molecular flexibility index (Phi) is 9.83. The summed E-state index contributed by atoms with van der Waals surface area (Å²) < 4.78 is 0. The van der Waals surface area contributed by atoms with Crippen LogP contribution in [0, 0.1) is 0 Å². The van der Waals surface area contributed by atoms with Crippen LogP contribution in [0.25, 0.3) is 0 Å². The first-order chi connectivity index (χ1) is 9.33. The van der Waals surface area contributed by atoms with Crippen LogP contribution in [0.2, 0.25) is 0 Å². The average Bonchev–Trinajstić information content (AvgIpc) is 2.50. The molecular weight excluding hydrogens is 244 g/mol. The van der Waals surface area contributed by atoms with E-state index in [-0.39, 0.29) is 6.15 Å². The van der Waals surface area contributed by atoms with E-state index in [1.165, 1.54) is 42.6 Å². The predicted octanol–water partition coefficient (Wildman–Crippen LogP) is 5.33. The molecule has 0 atom stereocenters. The maximum atomic E-state index is 2.53. The van der Waals surface area contributed by atoms with Gasteiger partial charge < -0.3 is 11.1 Å².